The average Bonchev–Trinajstić information content (AvgIpc) is 3.02. The Morgan fingerprint density at radius 1 is 1.00 bits per heavy atom. The second-order valence-electron chi connectivity index (χ2n) is 9.26. The van der Waals surface area contributed by atoms with Crippen LogP contribution in [0.5, 0.6) is 0 Å². The summed E-state index contributed by atoms with van der Waals surface area (Å²) in [6, 6.07) is 5.46. The van der Waals surface area contributed by atoms with E-state index in [-0.39, 0.29) is 29.6 Å². The molecule has 2 fully saturated rings. The van der Waals surface area contributed by atoms with Crippen LogP contribution in [0, 0.1) is 17.8 Å². The number of nitrogens with zero attached hydrogens (tertiary/aromatic N) is 2. The van der Waals surface area contributed by atoms with Gasteiger partial charge in [-0.15, -0.1) is 0 Å². The maximum Gasteiger partial charge on any atom is 0.330 e. The van der Waals surface area contributed by atoms with Crippen LogP contribution in [0.3, 0.4) is 0 Å². The maximum atomic E-state index is 12.9. The molecule has 2 heterocycles. The lowest BCUT2D eigenvalue weighted by atomic mass is 9.75. The van der Waals surface area contributed by atoms with Crippen molar-refractivity contribution in [3.05, 3.63) is 35.4 Å². The number of rotatable bonds is 5. The number of hydrogen-bond donors (Lipinski definition) is 0. The first kappa shape index (κ1) is 21.5. The Labute approximate surface area is 182 Å². The van der Waals surface area contributed by atoms with E-state index >= 15 is 0 Å². The molecule has 2 aliphatic heterocycles. The van der Waals surface area contributed by atoms with Crippen LogP contribution < -0.4 is 0 Å². The Morgan fingerprint density at radius 3 is 2.23 bits per heavy atom. The van der Waals surface area contributed by atoms with Gasteiger partial charge in [0, 0.05) is 13.1 Å². The molecule has 1 aromatic carbocycles. The first-order valence-corrected chi connectivity index (χ1v) is 11.3. The van der Waals surface area contributed by atoms with E-state index < -0.39 is 23.8 Å². The number of ether oxygens (including phenoxy) is 1. The number of carbonyl (C=O) groups is 4. The minimum atomic E-state index is -1.07. The normalized spacial score (nSPS) is 24.1. The van der Waals surface area contributed by atoms with Gasteiger partial charge in [0.25, 0.3) is 17.7 Å². The molecule has 166 valence electrons. The van der Waals surface area contributed by atoms with Crippen LogP contribution in [0.4, 0.5) is 0 Å². The second-order valence-corrected chi connectivity index (χ2v) is 9.26. The number of benzene rings is 1. The topological polar surface area (TPSA) is 84.0 Å². The molecule has 1 saturated carbocycles. The number of hydrogen-bond acceptors (Lipinski definition) is 5. The van der Waals surface area contributed by atoms with Crippen molar-refractivity contribution in [3.8, 4) is 0 Å². The van der Waals surface area contributed by atoms with Crippen molar-refractivity contribution in [1.29, 1.82) is 0 Å². The maximum absolute atomic E-state index is 12.9. The molecule has 4 rings (SSSR count). The van der Waals surface area contributed by atoms with Gasteiger partial charge in [-0.3, -0.25) is 19.3 Å². The monoisotopic (exact) mass is 426 g/mol. The van der Waals surface area contributed by atoms with Gasteiger partial charge in [0.05, 0.1) is 11.1 Å². The zero-order valence-electron chi connectivity index (χ0n) is 18.2. The Balaban J connectivity index is 1.39. The van der Waals surface area contributed by atoms with Crippen LogP contribution in [0.2, 0.25) is 0 Å². The van der Waals surface area contributed by atoms with Crippen LogP contribution in [0.1, 0.15) is 66.7 Å². The van der Waals surface area contributed by atoms with Crippen LogP contribution in [0.15, 0.2) is 24.3 Å². The molecule has 3 amide bonds. The molecular weight excluding hydrogens is 396 g/mol. The minimum Gasteiger partial charge on any atom is -0.454 e. The van der Waals surface area contributed by atoms with E-state index in [1.807, 2.05) is 0 Å². The molecule has 0 aromatic heterocycles. The second kappa shape index (κ2) is 8.81. The van der Waals surface area contributed by atoms with Crippen LogP contribution in [-0.2, 0) is 14.3 Å². The average molecular weight is 427 g/mol. The number of likely N-dealkylation sites (tertiary alicyclic amines) is 1. The van der Waals surface area contributed by atoms with Crippen molar-refractivity contribution in [2.24, 2.45) is 17.8 Å². The van der Waals surface area contributed by atoms with Crippen molar-refractivity contribution in [2.75, 3.05) is 19.7 Å². The molecule has 3 aliphatic rings. The summed E-state index contributed by atoms with van der Waals surface area (Å²) >= 11 is 0. The van der Waals surface area contributed by atoms with E-state index in [9.17, 15) is 19.2 Å². The van der Waals surface area contributed by atoms with E-state index in [4.69, 9.17) is 4.74 Å². The van der Waals surface area contributed by atoms with Gasteiger partial charge in [-0.2, -0.15) is 0 Å². The highest BCUT2D eigenvalue weighted by Gasteiger charge is 2.45. The van der Waals surface area contributed by atoms with E-state index in [2.05, 4.69) is 0 Å². The predicted octanol–water partition coefficient (Wildman–Crippen LogP) is 2.89. The fourth-order valence-corrected chi connectivity index (χ4v) is 5.27. The molecule has 0 unspecified atom stereocenters. The zero-order valence-corrected chi connectivity index (χ0v) is 18.2. The summed E-state index contributed by atoms with van der Waals surface area (Å²) in [7, 11) is 0. The highest BCUT2D eigenvalue weighted by Crippen LogP contribution is 2.36. The summed E-state index contributed by atoms with van der Waals surface area (Å²) in [4.78, 5) is 54.0. The third kappa shape index (κ3) is 4.10. The summed E-state index contributed by atoms with van der Waals surface area (Å²) in [5.74, 6) is -1.01. The lowest BCUT2D eigenvalue weighted by Crippen LogP contribution is -2.50. The SMILES string of the molecule is CC(C)[C@@H](C(=O)OCC(=O)N1CC[C@H]2CCCC[C@@H]2C1)N1C(=O)c2ccccc2C1=O. The number of esters is 1. The predicted molar refractivity (Wildman–Crippen MR) is 113 cm³/mol. The van der Waals surface area contributed by atoms with Crippen LogP contribution >= 0.6 is 0 Å². The van der Waals surface area contributed by atoms with E-state index in [1.165, 1.54) is 19.3 Å². The number of fused-ring (bicyclic) bond motifs is 2. The summed E-state index contributed by atoms with van der Waals surface area (Å²) in [5, 5.41) is 0. The molecular formula is C24H30N2O5. The Bertz CT molecular complexity index is 861. The van der Waals surface area contributed by atoms with E-state index in [0.29, 0.717) is 18.4 Å². The molecule has 7 nitrogen and oxygen atoms in total. The summed E-state index contributed by atoms with van der Waals surface area (Å²) in [6.45, 7) is 4.58. The molecule has 0 radical (unpaired) electrons. The minimum absolute atomic E-state index is 0.206. The van der Waals surface area contributed by atoms with Gasteiger partial charge in [0.15, 0.2) is 6.61 Å². The molecule has 0 bridgehead atoms. The van der Waals surface area contributed by atoms with Gasteiger partial charge in [-0.05, 0) is 42.7 Å². The van der Waals surface area contributed by atoms with Crippen LogP contribution in [-0.4, -0.2) is 59.2 Å². The molecule has 1 saturated heterocycles. The quantitative estimate of drug-likeness (QED) is 0.534. The number of carbonyl (C=O) groups excluding carboxylic acids is 4. The Kier molecular flexibility index (Phi) is 6.12. The van der Waals surface area contributed by atoms with E-state index in [1.54, 1.807) is 43.0 Å². The molecule has 31 heavy (non-hydrogen) atoms. The van der Waals surface area contributed by atoms with Gasteiger partial charge in [0.1, 0.15) is 6.04 Å². The van der Waals surface area contributed by atoms with E-state index in [0.717, 1.165) is 24.3 Å². The molecule has 0 N–H and O–H groups in total. The first-order chi connectivity index (χ1) is 14.9. The smallest absolute Gasteiger partial charge is 0.330 e. The van der Waals surface area contributed by atoms with Gasteiger partial charge in [0.2, 0.25) is 0 Å². The van der Waals surface area contributed by atoms with Crippen molar-refractivity contribution < 1.29 is 23.9 Å². The fraction of sp³-hybridized carbons (Fsp3) is 0.583. The molecule has 0 spiro atoms. The van der Waals surface area contributed by atoms with Gasteiger partial charge >= 0.3 is 5.97 Å². The third-order valence-corrected chi connectivity index (χ3v) is 6.96. The van der Waals surface area contributed by atoms with Crippen molar-refractivity contribution in [3.63, 3.8) is 0 Å². The number of amides is 3. The Morgan fingerprint density at radius 2 is 1.61 bits per heavy atom. The number of piperidine rings is 1. The lowest BCUT2D eigenvalue weighted by molar-refractivity contribution is -0.157. The van der Waals surface area contributed by atoms with Crippen molar-refractivity contribution in [1.82, 2.24) is 9.80 Å². The van der Waals surface area contributed by atoms with Crippen LogP contribution in [0.25, 0.3) is 0 Å². The molecule has 1 aliphatic carbocycles. The lowest BCUT2D eigenvalue weighted by Gasteiger charge is -2.41. The van der Waals surface area contributed by atoms with Gasteiger partial charge < -0.3 is 9.64 Å². The van der Waals surface area contributed by atoms with Crippen molar-refractivity contribution in [2.45, 2.75) is 52.0 Å². The number of imide groups is 1. The third-order valence-electron chi connectivity index (χ3n) is 6.96. The Hall–Kier alpha value is -2.70. The molecule has 7 heteroatoms. The molecule has 3 atom stereocenters. The largest absolute Gasteiger partial charge is 0.454 e. The summed E-state index contributed by atoms with van der Waals surface area (Å²) in [5.41, 5.74) is 0.578. The van der Waals surface area contributed by atoms with Crippen molar-refractivity contribution >= 4 is 23.7 Å². The van der Waals surface area contributed by atoms with Gasteiger partial charge in [-0.1, -0.05) is 45.2 Å². The van der Waals surface area contributed by atoms with Gasteiger partial charge in [-0.25, -0.2) is 4.79 Å². The fourth-order valence-electron chi connectivity index (χ4n) is 5.27. The molecule has 1 aromatic rings. The first-order valence-electron chi connectivity index (χ1n) is 11.3. The zero-order chi connectivity index (χ0) is 22.1. The highest BCUT2D eigenvalue weighted by molar-refractivity contribution is 6.22. The standard InChI is InChI=1S/C24H30N2O5/c1-15(2)21(26-22(28)18-9-5-6-10-19(18)23(26)29)24(30)31-14-20(27)25-12-11-16-7-3-4-8-17(16)13-25/h5-6,9-10,15-17,21H,3-4,7-8,11-14H2,1-2H3/t16-,17-,21+/m1/s1. The highest BCUT2D eigenvalue weighted by atomic mass is 16.5. The summed E-state index contributed by atoms with van der Waals surface area (Å²) < 4.78 is 5.35. The summed E-state index contributed by atoms with van der Waals surface area (Å²) in [6.07, 6.45) is 5.91.